The van der Waals surface area contributed by atoms with Gasteiger partial charge in [-0.15, -0.1) is 0 Å². The van der Waals surface area contributed by atoms with E-state index in [4.69, 9.17) is 10.9 Å². The molecule has 1 aromatic carbocycles. The molecule has 0 saturated carbocycles. The molecule has 0 aliphatic heterocycles. The molecule has 0 radical (unpaired) electrons. The molecule has 0 bridgehead atoms. The first kappa shape index (κ1) is 13.6. The Morgan fingerprint density at radius 1 is 1.40 bits per heavy atom. The third-order valence-electron chi connectivity index (χ3n) is 2.87. The number of anilines is 1. The Hall–Kier alpha value is -2.83. The first-order valence-corrected chi connectivity index (χ1v) is 5.91. The minimum absolute atomic E-state index is 0.114. The Labute approximate surface area is 115 Å². The molecule has 0 atom stereocenters. The maximum atomic E-state index is 12.1. The Bertz CT molecular complexity index is 658. The van der Waals surface area contributed by atoms with Crippen molar-refractivity contribution in [2.45, 2.75) is 6.92 Å². The molecular formula is C13H15N5O2. The van der Waals surface area contributed by atoms with Gasteiger partial charge in [0.1, 0.15) is 5.82 Å². The van der Waals surface area contributed by atoms with Crippen LogP contribution in [0, 0.1) is 6.92 Å². The Morgan fingerprint density at radius 3 is 2.65 bits per heavy atom. The SMILES string of the molecule is Cc1ccc(C(=O)Nc2c(C(N)=NO)cnn2C)cc1. The highest BCUT2D eigenvalue weighted by Gasteiger charge is 2.16. The molecule has 7 nitrogen and oxygen atoms in total. The number of amidine groups is 1. The first-order chi connectivity index (χ1) is 9.52. The topological polar surface area (TPSA) is 106 Å². The monoisotopic (exact) mass is 273 g/mol. The fourth-order valence-corrected chi connectivity index (χ4v) is 1.71. The Balaban J connectivity index is 2.28. The van der Waals surface area contributed by atoms with E-state index in [1.54, 1.807) is 19.2 Å². The van der Waals surface area contributed by atoms with Crippen molar-refractivity contribution in [3.63, 3.8) is 0 Å². The number of nitrogens with two attached hydrogens (primary N) is 1. The number of amides is 1. The quantitative estimate of drug-likeness (QED) is 0.336. The average molecular weight is 273 g/mol. The van der Waals surface area contributed by atoms with Crippen LogP contribution in [0.2, 0.25) is 0 Å². The number of carbonyl (C=O) groups excluding carboxylic acids is 1. The van der Waals surface area contributed by atoms with E-state index in [-0.39, 0.29) is 11.7 Å². The molecule has 0 saturated heterocycles. The van der Waals surface area contributed by atoms with Gasteiger partial charge in [0.15, 0.2) is 5.84 Å². The number of aryl methyl sites for hydroxylation is 2. The van der Waals surface area contributed by atoms with E-state index in [9.17, 15) is 4.79 Å². The van der Waals surface area contributed by atoms with Gasteiger partial charge in [-0.3, -0.25) is 9.48 Å². The number of oxime groups is 1. The normalized spacial score (nSPS) is 11.4. The fourth-order valence-electron chi connectivity index (χ4n) is 1.71. The van der Waals surface area contributed by atoms with E-state index in [1.807, 2.05) is 19.1 Å². The molecule has 104 valence electrons. The van der Waals surface area contributed by atoms with Crippen molar-refractivity contribution in [2.24, 2.45) is 17.9 Å². The minimum atomic E-state index is -0.291. The van der Waals surface area contributed by atoms with E-state index < -0.39 is 0 Å². The van der Waals surface area contributed by atoms with Crippen LogP contribution in [0.15, 0.2) is 35.6 Å². The molecule has 0 fully saturated rings. The predicted molar refractivity (Wildman–Crippen MR) is 74.9 cm³/mol. The van der Waals surface area contributed by atoms with Crippen molar-refractivity contribution in [3.8, 4) is 0 Å². The Kier molecular flexibility index (Phi) is 3.69. The van der Waals surface area contributed by atoms with Crippen LogP contribution in [0.5, 0.6) is 0 Å². The summed E-state index contributed by atoms with van der Waals surface area (Å²) >= 11 is 0. The maximum Gasteiger partial charge on any atom is 0.256 e. The molecule has 1 amide bonds. The van der Waals surface area contributed by atoms with Gasteiger partial charge in [0.25, 0.3) is 5.91 Å². The van der Waals surface area contributed by atoms with Crippen LogP contribution in [0.3, 0.4) is 0 Å². The molecule has 0 spiro atoms. The number of aromatic nitrogens is 2. The molecule has 2 rings (SSSR count). The lowest BCUT2D eigenvalue weighted by Crippen LogP contribution is -2.20. The van der Waals surface area contributed by atoms with E-state index in [0.29, 0.717) is 16.9 Å². The lowest BCUT2D eigenvalue weighted by molar-refractivity contribution is 0.102. The van der Waals surface area contributed by atoms with Crippen LogP contribution in [-0.4, -0.2) is 26.7 Å². The van der Waals surface area contributed by atoms with Crippen molar-refractivity contribution in [2.75, 3.05) is 5.32 Å². The second kappa shape index (κ2) is 5.43. The number of nitrogens with zero attached hydrogens (tertiary/aromatic N) is 3. The van der Waals surface area contributed by atoms with Gasteiger partial charge in [0.05, 0.1) is 11.8 Å². The summed E-state index contributed by atoms with van der Waals surface area (Å²) in [6, 6.07) is 7.15. The van der Waals surface area contributed by atoms with Gasteiger partial charge in [0.2, 0.25) is 0 Å². The van der Waals surface area contributed by atoms with Crippen LogP contribution in [0.25, 0.3) is 0 Å². The Morgan fingerprint density at radius 2 is 2.05 bits per heavy atom. The van der Waals surface area contributed by atoms with Crippen LogP contribution >= 0.6 is 0 Å². The molecule has 2 aromatic rings. The molecule has 7 heteroatoms. The number of carbonyl (C=O) groups is 1. The molecule has 4 N–H and O–H groups in total. The summed E-state index contributed by atoms with van der Waals surface area (Å²) < 4.78 is 1.44. The van der Waals surface area contributed by atoms with Gasteiger partial charge in [-0.05, 0) is 19.1 Å². The van der Waals surface area contributed by atoms with E-state index in [1.165, 1.54) is 10.9 Å². The summed E-state index contributed by atoms with van der Waals surface area (Å²) in [6.07, 6.45) is 1.42. The van der Waals surface area contributed by atoms with Gasteiger partial charge >= 0.3 is 0 Å². The van der Waals surface area contributed by atoms with Crippen molar-refractivity contribution in [1.29, 1.82) is 0 Å². The van der Waals surface area contributed by atoms with Crippen LogP contribution in [-0.2, 0) is 7.05 Å². The fraction of sp³-hybridized carbons (Fsp3) is 0.154. The number of rotatable bonds is 3. The number of benzene rings is 1. The third-order valence-corrected chi connectivity index (χ3v) is 2.87. The number of hydrogen-bond acceptors (Lipinski definition) is 4. The molecule has 0 aliphatic rings. The summed E-state index contributed by atoms with van der Waals surface area (Å²) in [6.45, 7) is 1.94. The molecule has 1 aromatic heterocycles. The third kappa shape index (κ3) is 2.61. The summed E-state index contributed by atoms with van der Waals surface area (Å²) in [4.78, 5) is 12.1. The predicted octanol–water partition coefficient (Wildman–Crippen LogP) is 1.08. The van der Waals surface area contributed by atoms with Crippen LogP contribution in [0.4, 0.5) is 5.82 Å². The van der Waals surface area contributed by atoms with Crippen molar-refractivity contribution in [1.82, 2.24) is 9.78 Å². The summed E-state index contributed by atoms with van der Waals surface area (Å²) in [5.41, 5.74) is 7.48. The molecule has 0 aliphatic carbocycles. The largest absolute Gasteiger partial charge is 0.409 e. The first-order valence-electron chi connectivity index (χ1n) is 5.91. The maximum absolute atomic E-state index is 12.1. The standard InChI is InChI=1S/C13H15N5O2/c1-8-3-5-9(6-4-8)13(19)16-12-10(11(14)17-20)7-15-18(12)2/h3-7,20H,1-2H3,(H2,14,17)(H,16,19). The average Bonchev–Trinajstić information content (AvgIpc) is 2.80. The van der Waals surface area contributed by atoms with Crippen molar-refractivity contribution < 1.29 is 10.0 Å². The van der Waals surface area contributed by atoms with Gasteiger partial charge < -0.3 is 16.3 Å². The molecular weight excluding hydrogens is 258 g/mol. The lowest BCUT2D eigenvalue weighted by Gasteiger charge is -2.08. The summed E-state index contributed by atoms with van der Waals surface area (Å²) in [5, 5.41) is 18.3. The van der Waals surface area contributed by atoms with Gasteiger partial charge in [-0.1, -0.05) is 22.9 Å². The van der Waals surface area contributed by atoms with E-state index in [0.717, 1.165) is 5.56 Å². The molecule has 0 unspecified atom stereocenters. The molecule has 20 heavy (non-hydrogen) atoms. The second-order valence-electron chi connectivity index (χ2n) is 4.34. The van der Waals surface area contributed by atoms with Gasteiger partial charge in [0, 0.05) is 12.6 Å². The second-order valence-corrected chi connectivity index (χ2v) is 4.34. The van der Waals surface area contributed by atoms with Crippen molar-refractivity contribution in [3.05, 3.63) is 47.2 Å². The zero-order chi connectivity index (χ0) is 14.7. The lowest BCUT2D eigenvalue weighted by atomic mass is 10.1. The zero-order valence-corrected chi connectivity index (χ0v) is 11.2. The highest BCUT2D eigenvalue weighted by Crippen LogP contribution is 2.15. The van der Waals surface area contributed by atoms with E-state index >= 15 is 0 Å². The van der Waals surface area contributed by atoms with Gasteiger partial charge in [-0.2, -0.15) is 5.10 Å². The summed E-state index contributed by atoms with van der Waals surface area (Å²) in [7, 11) is 1.65. The highest BCUT2D eigenvalue weighted by atomic mass is 16.4. The summed E-state index contributed by atoms with van der Waals surface area (Å²) in [5.74, 6) is -0.0382. The van der Waals surface area contributed by atoms with Crippen LogP contribution in [0.1, 0.15) is 21.5 Å². The van der Waals surface area contributed by atoms with Crippen molar-refractivity contribution >= 4 is 17.6 Å². The minimum Gasteiger partial charge on any atom is -0.409 e. The van der Waals surface area contributed by atoms with Gasteiger partial charge in [-0.25, -0.2) is 0 Å². The highest BCUT2D eigenvalue weighted by molar-refractivity contribution is 6.09. The number of hydrogen-bond donors (Lipinski definition) is 3. The molecule has 1 heterocycles. The zero-order valence-electron chi connectivity index (χ0n) is 11.2. The van der Waals surface area contributed by atoms with Crippen LogP contribution < -0.4 is 11.1 Å². The smallest absolute Gasteiger partial charge is 0.256 e. The number of nitrogens with one attached hydrogen (secondary N) is 1. The van der Waals surface area contributed by atoms with E-state index in [2.05, 4.69) is 15.6 Å².